The molecule has 3 aromatic rings. The minimum atomic E-state index is -0.399. The Morgan fingerprint density at radius 3 is 2.79 bits per heavy atom. The first-order valence-electron chi connectivity index (χ1n) is 8.23. The molecule has 0 fully saturated rings. The van der Waals surface area contributed by atoms with E-state index in [1.807, 2.05) is 25.9 Å². The summed E-state index contributed by atoms with van der Waals surface area (Å²) in [4.78, 5) is 6.18. The highest BCUT2D eigenvalue weighted by molar-refractivity contribution is 7.08. The van der Waals surface area contributed by atoms with Crippen LogP contribution < -0.4 is 4.74 Å². The average molecular weight is 415 g/mol. The second-order valence-corrected chi connectivity index (χ2v) is 7.34. The molecule has 0 spiro atoms. The molecule has 0 aliphatic heterocycles. The van der Waals surface area contributed by atoms with E-state index in [-0.39, 0.29) is 5.56 Å². The van der Waals surface area contributed by atoms with E-state index in [4.69, 9.17) is 16.3 Å². The molecular weight excluding hydrogens is 399 g/mol. The molecule has 3 rings (SSSR count). The lowest BCUT2D eigenvalue weighted by Gasteiger charge is -2.10. The third-order valence-corrected chi connectivity index (χ3v) is 4.77. The fourth-order valence-electron chi connectivity index (χ4n) is 2.42. The molecule has 0 bridgehead atoms. The lowest BCUT2D eigenvalue weighted by Crippen LogP contribution is -2.07. The van der Waals surface area contributed by atoms with E-state index < -0.39 is 5.82 Å². The van der Waals surface area contributed by atoms with Gasteiger partial charge in [-0.1, -0.05) is 23.7 Å². The number of halogens is 2. The summed E-state index contributed by atoms with van der Waals surface area (Å²) in [5.74, 6) is -0.00157. The Morgan fingerprint density at radius 1 is 1.32 bits per heavy atom. The van der Waals surface area contributed by atoms with Gasteiger partial charge in [0, 0.05) is 31.2 Å². The number of aromatic nitrogens is 1. The van der Waals surface area contributed by atoms with Crippen molar-refractivity contribution in [2.75, 3.05) is 14.1 Å². The molecule has 142 valence electrons. The number of ether oxygens (including phenoxy) is 1. The van der Waals surface area contributed by atoms with Crippen LogP contribution in [0.4, 0.5) is 10.1 Å². The van der Waals surface area contributed by atoms with Crippen molar-refractivity contribution in [2.45, 2.75) is 6.92 Å². The Kier molecular flexibility index (Phi) is 5.93. The topological polar surface area (TPSA) is 61.5 Å². The Labute approximate surface area is 171 Å². The van der Waals surface area contributed by atoms with Gasteiger partial charge in [0.05, 0.1) is 17.0 Å². The van der Waals surface area contributed by atoms with Crippen molar-refractivity contribution in [3.05, 3.63) is 58.4 Å². The number of aliphatic imine (C=N–C) groups is 1. The van der Waals surface area contributed by atoms with Crippen molar-refractivity contribution in [3.63, 3.8) is 0 Å². The number of hydrogen-bond acceptors (Lipinski definition) is 5. The molecule has 5 nitrogen and oxygen atoms in total. The van der Waals surface area contributed by atoms with E-state index in [2.05, 4.69) is 15.4 Å². The Hall–Kier alpha value is -2.95. The van der Waals surface area contributed by atoms with Gasteiger partial charge in [0.25, 0.3) is 0 Å². The molecule has 0 unspecified atom stereocenters. The van der Waals surface area contributed by atoms with E-state index in [1.54, 1.807) is 30.6 Å². The molecule has 8 heteroatoms. The van der Waals surface area contributed by atoms with Crippen molar-refractivity contribution in [1.82, 2.24) is 9.27 Å². The standard InChI is InChI=1S/C20H16ClFN4OS/c1-12-7-18(16(21)9-17(12)24-11-26(2)3)27-20-15(10-23)19(25-28-20)13-5-4-6-14(22)8-13/h4-9,11H,1-3H3. The second kappa shape index (κ2) is 8.38. The van der Waals surface area contributed by atoms with Crippen LogP contribution in [0.15, 0.2) is 41.4 Å². The van der Waals surface area contributed by atoms with Crippen molar-refractivity contribution < 1.29 is 9.13 Å². The highest BCUT2D eigenvalue weighted by Gasteiger charge is 2.19. The first kappa shape index (κ1) is 19.8. The predicted octanol–water partition coefficient (Wildman–Crippen LogP) is 5.80. The Bertz CT molecular complexity index is 1090. The van der Waals surface area contributed by atoms with Gasteiger partial charge < -0.3 is 9.64 Å². The third kappa shape index (κ3) is 4.30. The van der Waals surface area contributed by atoms with Gasteiger partial charge in [-0.15, -0.1) is 0 Å². The fourth-order valence-corrected chi connectivity index (χ4v) is 3.34. The minimum Gasteiger partial charge on any atom is -0.442 e. The van der Waals surface area contributed by atoms with Gasteiger partial charge in [0.2, 0.25) is 5.06 Å². The summed E-state index contributed by atoms with van der Waals surface area (Å²) in [6.07, 6.45) is 1.68. The van der Waals surface area contributed by atoms with Crippen LogP contribution in [0.1, 0.15) is 11.1 Å². The fraction of sp³-hybridized carbons (Fsp3) is 0.150. The van der Waals surface area contributed by atoms with Crippen LogP contribution in [0.2, 0.25) is 5.02 Å². The lowest BCUT2D eigenvalue weighted by atomic mass is 10.1. The molecule has 28 heavy (non-hydrogen) atoms. The quantitative estimate of drug-likeness (QED) is 0.391. The van der Waals surface area contributed by atoms with Gasteiger partial charge in [0.15, 0.2) is 0 Å². The first-order chi connectivity index (χ1) is 13.4. The number of aryl methyl sites for hydroxylation is 1. The molecule has 0 aliphatic rings. The molecule has 0 aliphatic carbocycles. The maximum Gasteiger partial charge on any atom is 0.218 e. The molecule has 0 N–H and O–H groups in total. The van der Waals surface area contributed by atoms with Crippen LogP contribution in [0, 0.1) is 24.1 Å². The smallest absolute Gasteiger partial charge is 0.218 e. The molecule has 0 saturated carbocycles. The van der Waals surface area contributed by atoms with Crippen LogP contribution in [-0.4, -0.2) is 29.7 Å². The molecule has 0 atom stereocenters. The average Bonchev–Trinajstić information content (AvgIpc) is 3.05. The molecule has 1 aromatic heterocycles. The number of nitrogens with zero attached hydrogens (tertiary/aromatic N) is 4. The van der Waals surface area contributed by atoms with Crippen molar-refractivity contribution >= 4 is 35.2 Å². The van der Waals surface area contributed by atoms with Crippen LogP contribution in [-0.2, 0) is 0 Å². The molecule has 1 heterocycles. The van der Waals surface area contributed by atoms with Gasteiger partial charge in [-0.3, -0.25) is 0 Å². The number of rotatable bonds is 5. The molecule has 0 radical (unpaired) electrons. The zero-order valence-electron chi connectivity index (χ0n) is 15.4. The second-order valence-electron chi connectivity index (χ2n) is 6.20. The van der Waals surface area contributed by atoms with Crippen molar-refractivity contribution in [3.8, 4) is 28.1 Å². The SMILES string of the molecule is Cc1cc(Oc2snc(-c3cccc(F)c3)c2C#N)c(Cl)cc1N=CN(C)C. The Balaban J connectivity index is 1.95. The van der Waals surface area contributed by atoms with Crippen LogP contribution in [0.25, 0.3) is 11.3 Å². The van der Waals surface area contributed by atoms with Crippen LogP contribution in [0.5, 0.6) is 10.8 Å². The van der Waals surface area contributed by atoms with Gasteiger partial charge in [-0.05, 0) is 36.8 Å². The van der Waals surface area contributed by atoms with E-state index in [0.29, 0.717) is 27.1 Å². The minimum absolute atomic E-state index is 0.235. The van der Waals surface area contributed by atoms with Crippen molar-refractivity contribution in [1.29, 1.82) is 5.26 Å². The molecule has 2 aromatic carbocycles. The van der Waals surface area contributed by atoms with E-state index in [1.165, 1.54) is 12.1 Å². The number of benzene rings is 2. The summed E-state index contributed by atoms with van der Waals surface area (Å²) >= 11 is 7.36. The summed E-state index contributed by atoms with van der Waals surface area (Å²) in [6, 6.07) is 11.5. The summed E-state index contributed by atoms with van der Waals surface area (Å²) < 4.78 is 23.7. The highest BCUT2D eigenvalue weighted by atomic mass is 35.5. The summed E-state index contributed by atoms with van der Waals surface area (Å²) in [5, 5.41) is 10.2. The molecule has 0 amide bonds. The lowest BCUT2D eigenvalue weighted by molar-refractivity contribution is 0.495. The van der Waals surface area contributed by atoms with E-state index in [0.717, 1.165) is 22.8 Å². The van der Waals surface area contributed by atoms with Gasteiger partial charge in [0.1, 0.15) is 28.9 Å². The maximum atomic E-state index is 13.5. The zero-order valence-corrected chi connectivity index (χ0v) is 17.0. The van der Waals surface area contributed by atoms with Crippen LogP contribution in [0.3, 0.4) is 0 Å². The Morgan fingerprint density at radius 2 is 2.11 bits per heavy atom. The molecular formula is C20H16ClFN4OS. The van der Waals surface area contributed by atoms with Crippen LogP contribution >= 0.6 is 23.1 Å². The first-order valence-corrected chi connectivity index (χ1v) is 9.38. The molecule has 0 saturated heterocycles. The third-order valence-electron chi connectivity index (χ3n) is 3.75. The number of hydrogen-bond donors (Lipinski definition) is 0. The summed E-state index contributed by atoms with van der Waals surface area (Å²) in [7, 11) is 3.75. The monoisotopic (exact) mass is 414 g/mol. The highest BCUT2D eigenvalue weighted by Crippen LogP contribution is 2.40. The largest absolute Gasteiger partial charge is 0.442 e. The predicted molar refractivity (Wildman–Crippen MR) is 110 cm³/mol. The van der Waals surface area contributed by atoms with E-state index in [9.17, 15) is 9.65 Å². The maximum absolute atomic E-state index is 13.5. The van der Waals surface area contributed by atoms with E-state index >= 15 is 0 Å². The van der Waals surface area contributed by atoms with Gasteiger partial charge in [-0.25, -0.2) is 9.38 Å². The zero-order chi connectivity index (χ0) is 20.3. The van der Waals surface area contributed by atoms with Gasteiger partial charge in [-0.2, -0.15) is 9.64 Å². The number of nitriles is 1. The van der Waals surface area contributed by atoms with Gasteiger partial charge >= 0.3 is 0 Å². The summed E-state index contributed by atoms with van der Waals surface area (Å²) in [6.45, 7) is 1.89. The summed E-state index contributed by atoms with van der Waals surface area (Å²) in [5.41, 5.74) is 2.71. The van der Waals surface area contributed by atoms with Crippen molar-refractivity contribution in [2.24, 2.45) is 4.99 Å². The normalized spacial score (nSPS) is 10.9.